The molecule has 98 valence electrons. The minimum Gasteiger partial charge on any atom is -0.397 e. The van der Waals surface area contributed by atoms with Gasteiger partial charge in [0.15, 0.2) is 0 Å². The van der Waals surface area contributed by atoms with Crippen LogP contribution in [0.2, 0.25) is 0 Å². The Labute approximate surface area is 108 Å². The topological polar surface area (TPSA) is 67.2 Å². The van der Waals surface area contributed by atoms with Crippen LogP contribution >= 0.6 is 0 Å². The first kappa shape index (κ1) is 14.1. The van der Waals surface area contributed by atoms with Crippen LogP contribution in [0.3, 0.4) is 0 Å². The molecule has 18 heavy (non-hydrogen) atoms. The molecule has 4 N–H and O–H groups in total. The van der Waals surface area contributed by atoms with Crippen molar-refractivity contribution in [2.75, 3.05) is 24.1 Å². The van der Waals surface area contributed by atoms with Gasteiger partial charge < -0.3 is 16.4 Å². The Balaban J connectivity index is 2.73. The molecule has 1 aromatic carbocycles. The van der Waals surface area contributed by atoms with E-state index in [0.29, 0.717) is 17.8 Å². The molecule has 0 saturated carbocycles. The van der Waals surface area contributed by atoms with Crippen molar-refractivity contribution in [1.29, 1.82) is 0 Å². The number of hydrogen-bond acceptors (Lipinski definition) is 3. The van der Waals surface area contributed by atoms with Gasteiger partial charge in [0.2, 0.25) is 0 Å². The molecule has 1 rings (SSSR count). The van der Waals surface area contributed by atoms with Crippen molar-refractivity contribution in [2.45, 2.75) is 20.8 Å². The maximum atomic E-state index is 11.6. The number of hydrogen-bond donors (Lipinski definition) is 3. The second-order valence-corrected chi connectivity index (χ2v) is 4.32. The van der Waals surface area contributed by atoms with Gasteiger partial charge >= 0.3 is 0 Å². The summed E-state index contributed by atoms with van der Waals surface area (Å²) < 4.78 is 0. The number of benzene rings is 1. The Morgan fingerprint density at radius 2 is 2.11 bits per heavy atom. The SMILES string of the molecule is CCNC(=O)c1ccc(NCC=C(C)C)c(N)c1. The van der Waals surface area contributed by atoms with Gasteiger partial charge in [-0.2, -0.15) is 0 Å². The van der Waals surface area contributed by atoms with Crippen LogP contribution in [0.25, 0.3) is 0 Å². The number of rotatable bonds is 5. The average Bonchev–Trinajstić information content (AvgIpc) is 2.31. The summed E-state index contributed by atoms with van der Waals surface area (Å²) in [6.45, 7) is 7.31. The molecule has 0 bridgehead atoms. The van der Waals surface area contributed by atoms with Crippen LogP contribution in [0.15, 0.2) is 29.8 Å². The van der Waals surface area contributed by atoms with E-state index >= 15 is 0 Å². The van der Waals surface area contributed by atoms with Crippen molar-refractivity contribution in [3.8, 4) is 0 Å². The molecule has 0 atom stereocenters. The predicted octanol–water partition coefficient (Wildman–Crippen LogP) is 2.40. The van der Waals surface area contributed by atoms with Gasteiger partial charge in [-0.15, -0.1) is 0 Å². The molecule has 0 unspecified atom stereocenters. The highest BCUT2D eigenvalue weighted by atomic mass is 16.1. The van der Waals surface area contributed by atoms with E-state index in [1.165, 1.54) is 5.57 Å². The highest BCUT2D eigenvalue weighted by molar-refractivity contribution is 5.96. The smallest absolute Gasteiger partial charge is 0.251 e. The summed E-state index contributed by atoms with van der Waals surface area (Å²) in [7, 11) is 0. The van der Waals surface area contributed by atoms with Gasteiger partial charge in [0.1, 0.15) is 0 Å². The van der Waals surface area contributed by atoms with Crippen LogP contribution in [0.1, 0.15) is 31.1 Å². The van der Waals surface area contributed by atoms with E-state index in [1.807, 2.05) is 26.8 Å². The lowest BCUT2D eigenvalue weighted by atomic mass is 10.1. The van der Waals surface area contributed by atoms with E-state index in [0.717, 1.165) is 12.2 Å². The zero-order valence-corrected chi connectivity index (χ0v) is 11.2. The summed E-state index contributed by atoms with van der Waals surface area (Å²) in [4.78, 5) is 11.6. The molecule has 0 spiro atoms. The van der Waals surface area contributed by atoms with E-state index in [1.54, 1.807) is 12.1 Å². The third kappa shape index (κ3) is 4.13. The minimum atomic E-state index is -0.0972. The second-order valence-electron chi connectivity index (χ2n) is 4.32. The van der Waals surface area contributed by atoms with E-state index in [9.17, 15) is 4.79 Å². The maximum absolute atomic E-state index is 11.6. The lowest BCUT2D eigenvalue weighted by molar-refractivity contribution is 0.0956. The fraction of sp³-hybridized carbons (Fsp3) is 0.357. The molecule has 1 amide bonds. The molecule has 4 heteroatoms. The molecule has 0 aliphatic carbocycles. The number of allylic oxidation sites excluding steroid dienone is 1. The molecule has 0 radical (unpaired) electrons. The molecule has 0 heterocycles. The zero-order chi connectivity index (χ0) is 13.5. The third-order valence-electron chi connectivity index (χ3n) is 2.45. The maximum Gasteiger partial charge on any atom is 0.251 e. The summed E-state index contributed by atoms with van der Waals surface area (Å²) >= 11 is 0. The summed E-state index contributed by atoms with van der Waals surface area (Å²) in [6.07, 6.45) is 2.08. The quantitative estimate of drug-likeness (QED) is 0.553. The number of anilines is 2. The Morgan fingerprint density at radius 1 is 1.39 bits per heavy atom. The standard InChI is InChI=1S/C14H21N3O/c1-4-16-14(18)11-5-6-13(12(15)9-11)17-8-7-10(2)3/h5-7,9,17H,4,8,15H2,1-3H3,(H,16,18). The summed E-state index contributed by atoms with van der Waals surface area (Å²) in [5.41, 5.74) is 9.18. The lowest BCUT2D eigenvalue weighted by Gasteiger charge is -2.09. The van der Waals surface area contributed by atoms with Crippen LogP contribution in [0, 0.1) is 0 Å². The van der Waals surface area contributed by atoms with E-state index in [4.69, 9.17) is 5.73 Å². The largest absolute Gasteiger partial charge is 0.397 e. The fourth-order valence-electron chi connectivity index (χ4n) is 1.49. The molecule has 0 saturated heterocycles. The first-order valence-electron chi connectivity index (χ1n) is 6.09. The number of nitrogens with one attached hydrogen (secondary N) is 2. The van der Waals surface area contributed by atoms with Crippen molar-refractivity contribution < 1.29 is 4.79 Å². The van der Waals surface area contributed by atoms with Crippen molar-refractivity contribution in [2.24, 2.45) is 0 Å². The first-order valence-corrected chi connectivity index (χ1v) is 6.09. The summed E-state index contributed by atoms with van der Waals surface area (Å²) in [5, 5.41) is 5.95. The van der Waals surface area contributed by atoms with Crippen molar-refractivity contribution in [1.82, 2.24) is 5.32 Å². The first-order chi connectivity index (χ1) is 8.54. The Morgan fingerprint density at radius 3 is 2.67 bits per heavy atom. The Kier molecular flexibility index (Phi) is 5.24. The van der Waals surface area contributed by atoms with Gasteiger partial charge in [-0.3, -0.25) is 4.79 Å². The van der Waals surface area contributed by atoms with Crippen LogP contribution < -0.4 is 16.4 Å². The van der Waals surface area contributed by atoms with Gasteiger partial charge in [0.25, 0.3) is 5.91 Å². The van der Waals surface area contributed by atoms with Gasteiger partial charge in [-0.25, -0.2) is 0 Å². The highest BCUT2D eigenvalue weighted by Gasteiger charge is 2.06. The van der Waals surface area contributed by atoms with Gasteiger partial charge in [0.05, 0.1) is 11.4 Å². The summed E-state index contributed by atoms with van der Waals surface area (Å²) in [5.74, 6) is -0.0972. The van der Waals surface area contributed by atoms with E-state index in [-0.39, 0.29) is 5.91 Å². The van der Waals surface area contributed by atoms with E-state index < -0.39 is 0 Å². The molecule has 0 aromatic heterocycles. The predicted molar refractivity (Wildman–Crippen MR) is 76.8 cm³/mol. The number of carbonyl (C=O) groups excluding carboxylic acids is 1. The van der Waals surface area contributed by atoms with Crippen molar-refractivity contribution in [3.63, 3.8) is 0 Å². The third-order valence-corrected chi connectivity index (χ3v) is 2.45. The summed E-state index contributed by atoms with van der Waals surface area (Å²) in [6, 6.07) is 5.29. The minimum absolute atomic E-state index is 0.0972. The molecular weight excluding hydrogens is 226 g/mol. The normalized spacial score (nSPS) is 9.72. The van der Waals surface area contributed by atoms with Crippen LogP contribution in [0.5, 0.6) is 0 Å². The number of nitrogen functional groups attached to an aromatic ring is 1. The number of amides is 1. The molecule has 4 nitrogen and oxygen atoms in total. The zero-order valence-electron chi connectivity index (χ0n) is 11.2. The Bertz CT molecular complexity index is 448. The molecule has 0 aliphatic rings. The molecular formula is C14H21N3O. The van der Waals surface area contributed by atoms with Gasteiger partial charge in [-0.1, -0.05) is 11.6 Å². The number of nitrogens with two attached hydrogens (primary N) is 1. The van der Waals surface area contributed by atoms with Crippen molar-refractivity contribution in [3.05, 3.63) is 35.4 Å². The highest BCUT2D eigenvalue weighted by Crippen LogP contribution is 2.19. The van der Waals surface area contributed by atoms with Gasteiger partial charge in [0, 0.05) is 18.7 Å². The van der Waals surface area contributed by atoms with Crippen LogP contribution in [-0.2, 0) is 0 Å². The fourth-order valence-corrected chi connectivity index (χ4v) is 1.49. The number of carbonyl (C=O) groups is 1. The van der Waals surface area contributed by atoms with Crippen LogP contribution in [0.4, 0.5) is 11.4 Å². The average molecular weight is 247 g/mol. The monoisotopic (exact) mass is 247 g/mol. The Hall–Kier alpha value is -1.97. The van der Waals surface area contributed by atoms with Crippen molar-refractivity contribution >= 4 is 17.3 Å². The molecule has 1 aromatic rings. The molecule has 0 aliphatic heterocycles. The molecule has 0 fully saturated rings. The van der Waals surface area contributed by atoms with E-state index in [2.05, 4.69) is 16.7 Å². The second kappa shape index (κ2) is 6.69. The van der Waals surface area contributed by atoms with Gasteiger partial charge in [-0.05, 0) is 39.0 Å². The van der Waals surface area contributed by atoms with Crippen LogP contribution in [-0.4, -0.2) is 19.0 Å². The lowest BCUT2D eigenvalue weighted by Crippen LogP contribution is -2.22.